The van der Waals surface area contributed by atoms with E-state index < -0.39 is 0 Å². The Morgan fingerprint density at radius 3 is 2.67 bits per heavy atom. The first-order chi connectivity index (χ1) is 10.3. The van der Waals surface area contributed by atoms with Gasteiger partial charge in [0, 0.05) is 24.3 Å². The number of benzene rings is 1. The van der Waals surface area contributed by atoms with Crippen molar-refractivity contribution in [3.05, 3.63) is 48.2 Å². The Balaban J connectivity index is 1.93. The zero-order valence-corrected chi connectivity index (χ0v) is 12.2. The second-order valence-corrected chi connectivity index (χ2v) is 5.21. The molecule has 1 aromatic carbocycles. The predicted molar refractivity (Wildman–Crippen MR) is 86.3 cm³/mol. The molecule has 2 aromatic heterocycles. The van der Waals surface area contributed by atoms with E-state index in [1.54, 1.807) is 6.20 Å². The maximum Gasteiger partial charge on any atom is 0.188 e. The summed E-state index contributed by atoms with van der Waals surface area (Å²) in [5.41, 5.74) is 7.67. The highest BCUT2D eigenvalue weighted by atomic mass is 32.1. The lowest BCUT2D eigenvalue weighted by Gasteiger charge is -2.20. The van der Waals surface area contributed by atoms with Crippen molar-refractivity contribution in [1.29, 1.82) is 0 Å². The maximum atomic E-state index is 6.19. The van der Waals surface area contributed by atoms with Crippen LogP contribution in [0.4, 0.5) is 28.1 Å². The number of hydrogen-bond acceptors (Lipinski definition) is 7. The summed E-state index contributed by atoms with van der Waals surface area (Å²) in [6.45, 7) is 0. The standard InChI is InChI=1S/C14H14N6S/c1-20(10-5-3-2-4-6-10)13-11(15)12(17-9-18-13)19-14-16-7-8-21-14/h2-9H,15H2,1H3,(H,16,17,18,19). The smallest absolute Gasteiger partial charge is 0.188 e. The van der Waals surface area contributed by atoms with Crippen molar-refractivity contribution >= 4 is 39.5 Å². The van der Waals surface area contributed by atoms with Crippen molar-refractivity contribution < 1.29 is 0 Å². The summed E-state index contributed by atoms with van der Waals surface area (Å²) in [6, 6.07) is 9.90. The quantitative estimate of drug-likeness (QED) is 0.770. The van der Waals surface area contributed by atoms with Gasteiger partial charge in [-0.15, -0.1) is 11.3 Å². The summed E-state index contributed by atoms with van der Waals surface area (Å²) in [4.78, 5) is 14.5. The zero-order valence-electron chi connectivity index (χ0n) is 11.4. The predicted octanol–water partition coefficient (Wildman–Crippen LogP) is 3.03. The van der Waals surface area contributed by atoms with Crippen LogP contribution in [0.3, 0.4) is 0 Å². The van der Waals surface area contributed by atoms with Gasteiger partial charge < -0.3 is 16.0 Å². The van der Waals surface area contributed by atoms with E-state index in [1.807, 2.05) is 47.7 Å². The van der Waals surface area contributed by atoms with Crippen LogP contribution in [0.1, 0.15) is 0 Å². The van der Waals surface area contributed by atoms with Gasteiger partial charge in [-0.05, 0) is 12.1 Å². The number of nitrogens with two attached hydrogens (primary N) is 1. The largest absolute Gasteiger partial charge is 0.393 e. The molecule has 0 saturated heterocycles. The van der Waals surface area contributed by atoms with E-state index in [9.17, 15) is 0 Å². The molecule has 0 amide bonds. The maximum absolute atomic E-state index is 6.19. The van der Waals surface area contributed by atoms with Gasteiger partial charge >= 0.3 is 0 Å². The first-order valence-electron chi connectivity index (χ1n) is 6.31. The SMILES string of the molecule is CN(c1ccccc1)c1ncnc(Nc2nccs2)c1N. The van der Waals surface area contributed by atoms with E-state index in [4.69, 9.17) is 5.73 Å². The van der Waals surface area contributed by atoms with E-state index in [2.05, 4.69) is 20.3 Å². The second-order valence-electron chi connectivity index (χ2n) is 4.32. The Morgan fingerprint density at radius 2 is 1.95 bits per heavy atom. The van der Waals surface area contributed by atoms with Crippen molar-refractivity contribution in [2.24, 2.45) is 0 Å². The molecule has 0 fully saturated rings. The Morgan fingerprint density at radius 1 is 1.14 bits per heavy atom. The normalized spacial score (nSPS) is 10.3. The summed E-state index contributed by atoms with van der Waals surface area (Å²) in [5, 5.41) is 5.73. The van der Waals surface area contributed by atoms with Crippen molar-refractivity contribution in [2.75, 3.05) is 23.0 Å². The lowest BCUT2D eigenvalue weighted by Crippen LogP contribution is -2.14. The summed E-state index contributed by atoms with van der Waals surface area (Å²) in [7, 11) is 1.92. The van der Waals surface area contributed by atoms with Crippen LogP contribution in [-0.2, 0) is 0 Å². The fourth-order valence-electron chi connectivity index (χ4n) is 1.91. The Kier molecular flexibility index (Phi) is 3.65. The van der Waals surface area contributed by atoms with E-state index >= 15 is 0 Å². The molecular weight excluding hydrogens is 284 g/mol. The van der Waals surface area contributed by atoms with Crippen LogP contribution in [0.15, 0.2) is 48.2 Å². The van der Waals surface area contributed by atoms with E-state index in [0.29, 0.717) is 17.3 Å². The third kappa shape index (κ3) is 2.77. The van der Waals surface area contributed by atoms with Crippen LogP contribution in [-0.4, -0.2) is 22.0 Å². The number of nitrogen functional groups attached to an aromatic ring is 1. The van der Waals surface area contributed by atoms with Gasteiger partial charge in [0.15, 0.2) is 16.8 Å². The molecule has 3 rings (SSSR count). The van der Waals surface area contributed by atoms with Crippen LogP contribution in [0.2, 0.25) is 0 Å². The van der Waals surface area contributed by atoms with Crippen LogP contribution in [0.25, 0.3) is 0 Å². The highest BCUT2D eigenvalue weighted by Crippen LogP contribution is 2.31. The number of nitrogens with zero attached hydrogens (tertiary/aromatic N) is 4. The van der Waals surface area contributed by atoms with Gasteiger partial charge in [-0.25, -0.2) is 15.0 Å². The van der Waals surface area contributed by atoms with Gasteiger partial charge in [0.1, 0.15) is 12.0 Å². The molecule has 0 radical (unpaired) electrons. The molecule has 0 aliphatic rings. The third-order valence-corrected chi connectivity index (χ3v) is 3.67. The lowest BCUT2D eigenvalue weighted by molar-refractivity contribution is 1.08. The van der Waals surface area contributed by atoms with Crippen LogP contribution in [0, 0.1) is 0 Å². The summed E-state index contributed by atoms with van der Waals surface area (Å²) >= 11 is 1.49. The summed E-state index contributed by atoms with van der Waals surface area (Å²) in [6.07, 6.45) is 3.21. The zero-order chi connectivity index (χ0) is 14.7. The number of para-hydroxylation sites is 1. The molecule has 7 heteroatoms. The number of anilines is 5. The van der Waals surface area contributed by atoms with Crippen LogP contribution >= 0.6 is 11.3 Å². The first-order valence-corrected chi connectivity index (χ1v) is 7.19. The molecule has 6 nitrogen and oxygen atoms in total. The summed E-state index contributed by atoms with van der Waals surface area (Å²) in [5.74, 6) is 1.20. The fraction of sp³-hybridized carbons (Fsp3) is 0.0714. The number of aromatic nitrogens is 3. The van der Waals surface area contributed by atoms with Gasteiger partial charge in [-0.3, -0.25) is 0 Å². The Labute approximate surface area is 126 Å². The summed E-state index contributed by atoms with van der Waals surface area (Å²) < 4.78 is 0. The van der Waals surface area contributed by atoms with Gasteiger partial charge in [0.2, 0.25) is 0 Å². The molecule has 0 aliphatic heterocycles. The highest BCUT2D eigenvalue weighted by molar-refractivity contribution is 7.13. The molecule has 0 spiro atoms. The van der Waals surface area contributed by atoms with E-state index in [-0.39, 0.29) is 0 Å². The van der Waals surface area contributed by atoms with E-state index in [1.165, 1.54) is 17.7 Å². The van der Waals surface area contributed by atoms with Crippen LogP contribution < -0.4 is 16.0 Å². The number of nitrogens with one attached hydrogen (secondary N) is 1. The Hall–Kier alpha value is -2.67. The molecule has 0 atom stereocenters. The molecule has 106 valence electrons. The van der Waals surface area contributed by atoms with Gasteiger partial charge in [0.05, 0.1) is 0 Å². The van der Waals surface area contributed by atoms with Crippen molar-refractivity contribution in [1.82, 2.24) is 15.0 Å². The first kappa shape index (κ1) is 13.3. The monoisotopic (exact) mass is 298 g/mol. The molecule has 0 aliphatic carbocycles. The number of thiazole rings is 1. The molecule has 0 saturated carbocycles. The minimum absolute atomic E-state index is 0.485. The molecule has 21 heavy (non-hydrogen) atoms. The Bertz CT molecular complexity index is 714. The van der Waals surface area contributed by atoms with Gasteiger partial charge in [0.25, 0.3) is 0 Å². The number of hydrogen-bond donors (Lipinski definition) is 2. The third-order valence-electron chi connectivity index (χ3n) is 2.98. The van der Waals surface area contributed by atoms with Crippen LogP contribution in [0.5, 0.6) is 0 Å². The average Bonchev–Trinajstić information content (AvgIpc) is 3.03. The van der Waals surface area contributed by atoms with E-state index in [0.717, 1.165) is 10.8 Å². The lowest BCUT2D eigenvalue weighted by atomic mass is 10.3. The fourth-order valence-corrected chi connectivity index (χ4v) is 2.44. The average molecular weight is 298 g/mol. The van der Waals surface area contributed by atoms with Gasteiger partial charge in [-0.2, -0.15) is 0 Å². The molecule has 0 unspecified atom stereocenters. The van der Waals surface area contributed by atoms with Gasteiger partial charge in [-0.1, -0.05) is 18.2 Å². The molecule has 3 N–H and O–H groups in total. The minimum Gasteiger partial charge on any atom is -0.393 e. The molecule has 0 bridgehead atoms. The molecule has 2 heterocycles. The molecular formula is C14H14N6S. The number of rotatable bonds is 4. The van der Waals surface area contributed by atoms with Crippen molar-refractivity contribution in [3.63, 3.8) is 0 Å². The molecule has 3 aromatic rings. The van der Waals surface area contributed by atoms with Crippen molar-refractivity contribution in [2.45, 2.75) is 0 Å². The minimum atomic E-state index is 0.485. The highest BCUT2D eigenvalue weighted by Gasteiger charge is 2.14. The topological polar surface area (TPSA) is 80.0 Å². The second kappa shape index (κ2) is 5.76. The van der Waals surface area contributed by atoms with Crippen molar-refractivity contribution in [3.8, 4) is 0 Å².